The maximum absolute atomic E-state index is 12.9. The van der Waals surface area contributed by atoms with E-state index in [9.17, 15) is 21.6 Å². The maximum atomic E-state index is 12.9. The van der Waals surface area contributed by atoms with Crippen LogP contribution in [0.1, 0.15) is 38.2 Å². The van der Waals surface area contributed by atoms with Crippen molar-refractivity contribution in [3.63, 3.8) is 0 Å². The van der Waals surface area contributed by atoms with Crippen molar-refractivity contribution in [1.29, 1.82) is 0 Å². The number of benzene rings is 1. The first-order valence-electron chi connectivity index (χ1n) is 7.97. The van der Waals surface area contributed by atoms with Gasteiger partial charge in [-0.3, -0.25) is 0 Å². The molecule has 2 saturated carbocycles. The van der Waals surface area contributed by atoms with Crippen LogP contribution in [0.3, 0.4) is 0 Å². The minimum atomic E-state index is -4.70. The van der Waals surface area contributed by atoms with Gasteiger partial charge >= 0.3 is 6.18 Å². The highest BCUT2D eigenvalue weighted by Gasteiger charge is 2.43. The number of hydrogen-bond donors (Lipinski definition) is 1. The third-order valence-electron chi connectivity index (χ3n) is 5.33. The van der Waals surface area contributed by atoms with Crippen molar-refractivity contribution in [2.45, 2.75) is 49.7 Å². The van der Waals surface area contributed by atoms with E-state index < -0.39 is 31.7 Å². The van der Waals surface area contributed by atoms with E-state index in [4.69, 9.17) is 11.6 Å². The average molecular weight is 382 g/mol. The second-order valence-corrected chi connectivity index (χ2v) is 9.01. The Balaban J connectivity index is 1.80. The van der Waals surface area contributed by atoms with Crippen LogP contribution >= 0.6 is 11.6 Å². The van der Waals surface area contributed by atoms with Gasteiger partial charge in [0, 0.05) is 6.04 Å². The zero-order valence-corrected chi connectivity index (χ0v) is 14.7. The molecule has 0 unspecified atom stereocenters. The maximum Gasteiger partial charge on any atom is 0.417 e. The Morgan fingerprint density at radius 1 is 1.25 bits per heavy atom. The summed E-state index contributed by atoms with van der Waals surface area (Å²) in [5.41, 5.74) is -1.14. The molecule has 0 heterocycles. The Kier molecular flexibility index (Phi) is 4.64. The lowest BCUT2D eigenvalue weighted by Crippen LogP contribution is -2.40. The first-order chi connectivity index (χ1) is 11.1. The molecular formula is C16H19ClF3NO2S. The topological polar surface area (TPSA) is 46.2 Å². The number of fused-ring (bicyclic) bond motifs is 2. The molecule has 1 aromatic rings. The SMILES string of the molecule is C[C@H](NS(=O)(=O)c1ccc(Cl)c(C(F)(F)F)c1)[C@@H]1C[C@H]2CC[C@H]1C2. The van der Waals surface area contributed by atoms with Crippen molar-refractivity contribution in [3.8, 4) is 0 Å². The Labute approximate surface area is 144 Å². The van der Waals surface area contributed by atoms with Crippen molar-refractivity contribution < 1.29 is 21.6 Å². The van der Waals surface area contributed by atoms with Crippen molar-refractivity contribution in [3.05, 3.63) is 28.8 Å². The van der Waals surface area contributed by atoms with Crippen LogP contribution in [0.25, 0.3) is 0 Å². The highest BCUT2D eigenvalue weighted by atomic mass is 35.5. The lowest BCUT2D eigenvalue weighted by molar-refractivity contribution is -0.137. The molecular weight excluding hydrogens is 363 g/mol. The van der Waals surface area contributed by atoms with Gasteiger partial charge in [-0.1, -0.05) is 18.0 Å². The van der Waals surface area contributed by atoms with Gasteiger partial charge in [0.05, 0.1) is 15.5 Å². The van der Waals surface area contributed by atoms with Crippen molar-refractivity contribution in [2.75, 3.05) is 0 Å². The largest absolute Gasteiger partial charge is 0.417 e. The van der Waals surface area contributed by atoms with Crippen LogP contribution in [0.5, 0.6) is 0 Å². The number of rotatable bonds is 4. The fourth-order valence-electron chi connectivity index (χ4n) is 4.20. The van der Waals surface area contributed by atoms with Gasteiger partial charge in [-0.05, 0) is 62.1 Å². The number of sulfonamides is 1. The second kappa shape index (κ2) is 6.18. The minimum absolute atomic E-state index is 0.257. The van der Waals surface area contributed by atoms with Gasteiger partial charge in [-0.25, -0.2) is 13.1 Å². The van der Waals surface area contributed by atoms with E-state index in [1.165, 1.54) is 6.42 Å². The Hall–Kier alpha value is -0.790. The van der Waals surface area contributed by atoms with E-state index in [2.05, 4.69) is 4.72 Å². The third-order valence-corrected chi connectivity index (χ3v) is 7.22. The van der Waals surface area contributed by atoms with Gasteiger partial charge in [-0.2, -0.15) is 13.2 Å². The van der Waals surface area contributed by atoms with Crippen LogP contribution in [0.2, 0.25) is 5.02 Å². The summed E-state index contributed by atoms with van der Waals surface area (Å²) in [7, 11) is -4.02. The number of halogens is 4. The standard InChI is InChI=1S/C16H19ClF3NO2S/c1-9(13-7-10-2-3-11(13)6-10)21-24(22,23)12-4-5-15(17)14(8-12)16(18,19)20/h4-5,8-11,13,21H,2-3,6-7H2,1H3/t9-,10-,11-,13-/m0/s1. The number of hydrogen-bond acceptors (Lipinski definition) is 2. The molecule has 1 aromatic carbocycles. The zero-order chi connectivity index (χ0) is 17.7. The summed E-state index contributed by atoms with van der Waals surface area (Å²) >= 11 is 5.55. The lowest BCUT2D eigenvalue weighted by atomic mass is 9.84. The highest BCUT2D eigenvalue weighted by molar-refractivity contribution is 7.89. The summed E-state index contributed by atoms with van der Waals surface area (Å²) in [5, 5.41) is -0.511. The molecule has 4 atom stereocenters. The number of nitrogens with one attached hydrogen (secondary N) is 1. The quantitative estimate of drug-likeness (QED) is 0.836. The van der Waals surface area contributed by atoms with Crippen molar-refractivity contribution in [1.82, 2.24) is 4.72 Å². The van der Waals surface area contributed by atoms with Crippen LogP contribution < -0.4 is 4.72 Å². The molecule has 2 bridgehead atoms. The normalized spacial score (nSPS) is 28.3. The summed E-state index contributed by atoms with van der Waals surface area (Å²) in [5.74, 6) is 1.44. The average Bonchev–Trinajstić information content (AvgIpc) is 3.08. The van der Waals surface area contributed by atoms with Crippen LogP contribution in [0, 0.1) is 17.8 Å². The summed E-state index contributed by atoms with van der Waals surface area (Å²) in [4.78, 5) is -0.408. The van der Waals surface area contributed by atoms with Gasteiger partial charge < -0.3 is 0 Å². The summed E-state index contributed by atoms with van der Waals surface area (Å²) < 4.78 is 66.3. The second-order valence-electron chi connectivity index (χ2n) is 6.89. The van der Waals surface area contributed by atoms with Crippen LogP contribution in [-0.2, 0) is 16.2 Å². The van der Waals surface area contributed by atoms with E-state index in [0.717, 1.165) is 31.4 Å². The lowest BCUT2D eigenvalue weighted by Gasteiger charge is -2.28. The zero-order valence-electron chi connectivity index (χ0n) is 13.1. The fraction of sp³-hybridized carbons (Fsp3) is 0.625. The smallest absolute Gasteiger partial charge is 0.208 e. The van der Waals surface area contributed by atoms with Crippen LogP contribution in [0.15, 0.2) is 23.1 Å². The molecule has 24 heavy (non-hydrogen) atoms. The molecule has 2 aliphatic carbocycles. The number of alkyl halides is 3. The van der Waals surface area contributed by atoms with Crippen molar-refractivity contribution in [2.24, 2.45) is 17.8 Å². The van der Waals surface area contributed by atoms with Crippen LogP contribution in [-0.4, -0.2) is 14.5 Å². The predicted molar refractivity (Wildman–Crippen MR) is 85.2 cm³/mol. The molecule has 2 fully saturated rings. The molecule has 0 aliphatic heterocycles. The van der Waals surface area contributed by atoms with Crippen molar-refractivity contribution >= 4 is 21.6 Å². The molecule has 0 radical (unpaired) electrons. The molecule has 3 nitrogen and oxygen atoms in total. The van der Waals surface area contributed by atoms with E-state index in [1.54, 1.807) is 6.92 Å². The van der Waals surface area contributed by atoms with E-state index >= 15 is 0 Å². The summed E-state index contributed by atoms with van der Waals surface area (Å²) in [6.45, 7) is 1.80. The summed E-state index contributed by atoms with van der Waals surface area (Å²) in [6.07, 6.45) is -0.259. The Bertz CT molecular complexity index is 735. The summed E-state index contributed by atoms with van der Waals surface area (Å²) in [6, 6.07) is 2.38. The highest BCUT2D eigenvalue weighted by Crippen LogP contribution is 2.49. The Morgan fingerprint density at radius 3 is 2.50 bits per heavy atom. The molecule has 0 aromatic heterocycles. The molecule has 0 amide bonds. The van der Waals surface area contributed by atoms with E-state index in [1.807, 2.05) is 0 Å². The molecule has 3 rings (SSSR count). The van der Waals surface area contributed by atoms with Gasteiger partial charge in [0.25, 0.3) is 0 Å². The van der Waals surface area contributed by atoms with Gasteiger partial charge in [0.2, 0.25) is 10.0 Å². The third kappa shape index (κ3) is 3.44. The molecule has 0 spiro atoms. The molecule has 8 heteroatoms. The first kappa shape index (κ1) is 18.0. The molecule has 134 valence electrons. The molecule has 0 saturated heterocycles. The molecule has 1 N–H and O–H groups in total. The molecule has 2 aliphatic rings. The minimum Gasteiger partial charge on any atom is -0.208 e. The van der Waals surface area contributed by atoms with Gasteiger partial charge in [-0.15, -0.1) is 0 Å². The van der Waals surface area contributed by atoms with Crippen LogP contribution in [0.4, 0.5) is 13.2 Å². The van der Waals surface area contributed by atoms with Gasteiger partial charge in [0.15, 0.2) is 0 Å². The Morgan fingerprint density at radius 2 is 1.96 bits per heavy atom. The first-order valence-corrected chi connectivity index (χ1v) is 9.83. The van der Waals surface area contributed by atoms with E-state index in [-0.39, 0.29) is 12.0 Å². The predicted octanol–water partition coefficient (Wildman–Crippen LogP) is 4.46. The monoisotopic (exact) mass is 381 g/mol. The van der Waals surface area contributed by atoms with E-state index in [0.29, 0.717) is 17.9 Å². The fourth-order valence-corrected chi connectivity index (χ4v) is 5.74. The van der Waals surface area contributed by atoms with Gasteiger partial charge in [0.1, 0.15) is 0 Å².